The van der Waals surface area contributed by atoms with Gasteiger partial charge in [0.1, 0.15) is 5.75 Å². The Labute approximate surface area is 123 Å². The maximum Gasteiger partial charge on any atom is 0.272 e. The summed E-state index contributed by atoms with van der Waals surface area (Å²) in [7, 11) is 1.63. The van der Waals surface area contributed by atoms with Gasteiger partial charge in [0.15, 0.2) is 5.69 Å². The highest BCUT2D eigenvalue weighted by molar-refractivity contribution is 5.94. The van der Waals surface area contributed by atoms with Crippen LogP contribution in [0, 0.1) is 0 Å². The van der Waals surface area contributed by atoms with Crippen LogP contribution in [-0.2, 0) is 19.4 Å². The number of rotatable bonds is 4. The topological polar surface area (TPSA) is 67.0 Å². The first-order chi connectivity index (χ1) is 10.3. The summed E-state index contributed by atoms with van der Waals surface area (Å²) in [6.45, 7) is 0.470. The summed E-state index contributed by atoms with van der Waals surface area (Å²) in [6, 6.07) is 7.68. The van der Waals surface area contributed by atoms with E-state index in [1.165, 1.54) is 6.42 Å². The molecule has 1 aliphatic rings. The van der Waals surface area contributed by atoms with Gasteiger partial charge in [-0.2, -0.15) is 5.10 Å². The van der Waals surface area contributed by atoms with Gasteiger partial charge in [-0.05, 0) is 43.4 Å². The van der Waals surface area contributed by atoms with Gasteiger partial charge in [0, 0.05) is 17.8 Å². The quantitative estimate of drug-likeness (QED) is 0.905. The fraction of sp³-hybridized carbons (Fsp3) is 0.375. The van der Waals surface area contributed by atoms with Crippen molar-refractivity contribution in [2.24, 2.45) is 0 Å². The van der Waals surface area contributed by atoms with Gasteiger partial charge in [0.05, 0.1) is 7.11 Å². The molecule has 0 radical (unpaired) electrons. The molecule has 5 nitrogen and oxygen atoms in total. The molecule has 2 N–H and O–H groups in total. The van der Waals surface area contributed by atoms with Crippen molar-refractivity contribution in [2.45, 2.75) is 32.2 Å². The molecule has 2 aromatic rings. The molecule has 3 rings (SSSR count). The molecule has 0 unspecified atom stereocenters. The second kappa shape index (κ2) is 5.99. The molecule has 21 heavy (non-hydrogen) atoms. The van der Waals surface area contributed by atoms with Gasteiger partial charge in [-0.1, -0.05) is 12.1 Å². The lowest BCUT2D eigenvalue weighted by Crippen LogP contribution is -2.24. The van der Waals surface area contributed by atoms with Crippen molar-refractivity contribution in [2.75, 3.05) is 7.11 Å². The number of ether oxygens (including phenoxy) is 1. The molecule has 1 aliphatic carbocycles. The fourth-order valence-electron chi connectivity index (χ4n) is 2.72. The van der Waals surface area contributed by atoms with Crippen molar-refractivity contribution < 1.29 is 9.53 Å². The molecule has 0 bridgehead atoms. The lowest BCUT2D eigenvalue weighted by Gasteiger charge is -2.11. The maximum absolute atomic E-state index is 12.3. The highest BCUT2D eigenvalue weighted by atomic mass is 16.5. The highest BCUT2D eigenvalue weighted by Gasteiger charge is 2.21. The third-order valence-electron chi connectivity index (χ3n) is 3.86. The third-order valence-corrected chi connectivity index (χ3v) is 3.86. The molecule has 1 amide bonds. The Morgan fingerprint density at radius 1 is 1.38 bits per heavy atom. The van der Waals surface area contributed by atoms with Crippen LogP contribution in [0.2, 0.25) is 0 Å². The van der Waals surface area contributed by atoms with Gasteiger partial charge in [-0.3, -0.25) is 9.89 Å². The number of hydrogen-bond donors (Lipinski definition) is 2. The van der Waals surface area contributed by atoms with Gasteiger partial charge in [-0.25, -0.2) is 0 Å². The van der Waals surface area contributed by atoms with E-state index in [-0.39, 0.29) is 5.91 Å². The summed E-state index contributed by atoms with van der Waals surface area (Å²) in [5.74, 6) is 0.677. The summed E-state index contributed by atoms with van der Waals surface area (Å²) < 4.78 is 5.18. The molecule has 0 spiro atoms. The standard InChI is InChI=1S/C16H19N3O2/c1-21-12-6-4-5-11(9-12)10-17-16(20)15-13-7-2-3-8-14(13)18-19-15/h4-6,9H,2-3,7-8,10H2,1H3,(H,17,20)(H,18,19). The molecule has 5 heteroatoms. The Morgan fingerprint density at radius 3 is 3.10 bits per heavy atom. The van der Waals surface area contributed by atoms with Gasteiger partial charge < -0.3 is 10.1 Å². The van der Waals surface area contributed by atoms with E-state index in [0.29, 0.717) is 12.2 Å². The van der Waals surface area contributed by atoms with Crippen LogP contribution in [0.4, 0.5) is 0 Å². The lowest BCUT2D eigenvalue weighted by molar-refractivity contribution is 0.0945. The predicted molar refractivity (Wildman–Crippen MR) is 79.4 cm³/mol. The van der Waals surface area contributed by atoms with Crippen molar-refractivity contribution in [1.82, 2.24) is 15.5 Å². The molecule has 110 valence electrons. The van der Waals surface area contributed by atoms with Gasteiger partial charge in [0.2, 0.25) is 0 Å². The van der Waals surface area contributed by atoms with Crippen LogP contribution in [0.3, 0.4) is 0 Å². The van der Waals surface area contributed by atoms with Crippen molar-refractivity contribution >= 4 is 5.91 Å². The number of nitrogens with zero attached hydrogens (tertiary/aromatic N) is 1. The van der Waals surface area contributed by atoms with Gasteiger partial charge in [-0.15, -0.1) is 0 Å². The van der Waals surface area contributed by atoms with E-state index in [2.05, 4.69) is 15.5 Å². The Kier molecular flexibility index (Phi) is 3.90. The van der Waals surface area contributed by atoms with Crippen LogP contribution in [-0.4, -0.2) is 23.2 Å². The second-order valence-electron chi connectivity index (χ2n) is 5.27. The van der Waals surface area contributed by atoms with Crippen LogP contribution in [0.1, 0.15) is 40.2 Å². The van der Waals surface area contributed by atoms with Gasteiger partial charge in [0.25, 0.3) is 5.91 Å². The van der Waals surface area contributed by atoms with Crippen molar-refractivity contribution in [3.8, 4) is 5.75 Å². The first-order valence-corrected chi connectivity index (χ1v) is 7.25. The van der Waals surface area contributed by atoms with E-state index >= 15 is 0 Å². The Hall–Kier alpha value is -2.30. The van der Waals surface area contributed by atoms with Crippen molar-refractivity contribution in [1.29, 1.82) is 0 Å². The zero-order valence-corrected chi connectivity index (χ0v) is 12.1. The number of fused-ring (bicyclic) bond motifs is 1. The number of aryl methyl sites for hydroxylation is 1. The van der Waals surface area contributed by atoms with Crippen molar-refractivity contribution in [3.05, 3.63) is 46.8 Å². The number of aromatic nitrogens is 2. The minimum Gasteiger partial charge on any atom is -0.497 e. The lowest BCUT2D eigenvalue weighted by atomic mass is 9.96. The number of carbonyl (C=O) groups is 1. The molecule has 1 aromatic carbocycles. The highest BCUT2D eigenvalue weighted by Crippen LogP contribution is 2.22. The average molecular weight is 285 g/mol. The zero-order chi connectivity index (χ0) is 14.7. The van der Waals surface area contributed by atoms with E-state index in [1.54, 1.807) is 7.11 Å². The molecule has 1 aromatic heterocycles. The van der Waals surface area contributed by atoms with E-state index in [1.807, 2.05) is 24.3 Å². The predicted octanol–water partition coefficient (Wildman–Crippen LogP) is 2.23. The molecule has 0 atom stereocenters. The van der Waals surface area contributed by atoms with Crippen LogP contribution >= 0.6 is 0 Å². The van der Waals surface area contributed by atoms with Gasteiger partial charge >= 0.3 is 0 Å². The van der Waals surface area contributed by atoms with Crippen molar-refractivity contribution in [3.63, 3.8) is 0 Å². The minimum atomic E-state index is -0.114. The largest absolute Gasteiger partial charge is 0.497 e. The number of methoxy groups -OCH3 is 1. The van der Waals surface area contributed by atoms with Crippen LogP contribution < -0.4 is 10.1 Å². The number of amides is 1. The fourth-order valence-corrected chi connectivity index (χ4v) is 2.72. The minimum absolute atomic E-state index is 0.114. The SMILES string of the molecule is COc1cccc(CNC(=O)c2n[nH]c3c2CCCC3)c1. The zero-order valence-electron chi connectivity index (χ0n) is 12.1. The first-order valence-electron chi connectivity index (χ1n) is 7.25. The van der Waals surface area contributed by atoms with E-state index < -0.39 is 0 Å². The number of aromatic amines is 1. The van der Waals surface area contributed by atoms with E-state index in [4.69, 9.17) is 4.74 Å². The molecule has 0 saturated heterocycles. The summed E-state index contributed by atoms with van der Waals surface area (Å²) >= 11 is 0. The molecule has 0 saturated carbocycles. The summed E-state index contributed by atoms with van der Waals surface area (Å²) in [5, 5.41) is 10.1. The monoisotopic (exact) mass is 285 g/mol. The van der Waals surface area contributed by atoms with E-state index in [9.17, 15) is 4.79 Å². The Bertz CT molecular complexity index is 649. The number of H-pyrrole nitrogens is 1. The molecular weight excluding hydrogens is 266 g/mol. The van der Waals surface area contributed by atoms with Crippen LogP contribution in [0.15, 0.2) is 24.3 Å². The maximum atomic E-state index is 12.3. The second-order valence-corrected chi connectivity index (χ2v) is 5.27. The molecule has 0 aliphatic heterocycles. The molecule has 1 heterocycles. The average Bonchev–Trinajstić information content (AvgIpc) is 2.97. The molecular formula is C16H19N3O2. The Morgan fingerprint density at radius 2 is 2.24 bits per heavy atom. The summed E-state index contributed by atoms with van der Waals surface area (Å²) in [5.41, 5.74) is 3.76. The molecule has 0 fully saturated rings. The summed E-state index contributed by atoms with van der Waals surface area (Å²) in [4.78, 5) is 12.3. The number of benzene rings is 1. The number of nitrogens with one attached hydrogen (secondary N) is 2. The van der Waals surface area contributed by atoms with E-state index in [0.717, 1.165) is 41.8 Å². The normalized spacial score (nSPS) is 13.6. The first kappa shape index (κ1) is 13.7. The number of carbonyl (C=O) groups excluding carboxylic acids is 1. The number of hydrogen-bond acceptors (Lipinski definition) is 3. The van der Waals surface area contributed by atoms with Crippen LogP contribution in [0.5, 0.6) is 5.75 Å². The summed E-state index contributed by atoms with van der Waals surface area (Å²) in [6.07, 6.45) is 4.22. The smallest absolute Gasteiger partial charge is 0.272 e. The third kappa shape index (κ3) is 2.91. The Balaban J connectivity index is 1.67. The van der Waals surface area contributed by atoms with Crippen LogP contribution in [0.25, 0.3) is 0 Å².